The zero-order chi connectivity index (χ0) is 8.81. The summed E-state index contributed by atoms with van der Waals surface area (Å²) in [5.41, 5.74) is 5.06. The van der Waals surface area contributed by atoms with Crippen molar-refractivity contribution in [1.29, 1.82) is 0 Å². The summed E-state index contributed by atoms with van der Waals surface area (Å²) in [5.74, 6) is 0. The number of allylic oxidation sites excluding steroid dienone is 1. The van der Waals surface area contributed by atoms with Gasteiger partial charge in [-0.2, -0.15) is 0 Å². The Morgan fingerprint density at radius 1 is 1.31 bits per heavy atom. The SMILES string of the molecule is CO[C-]=C=C(C)c1ccccc1.[Li+]. The van der Waals surface area contributed by atoms with Crippen LogP contribution in [0.4, 0.5) is 0 Å². The molecule has 0 radical (unpaired) electrons. The van der Waals surface area contributed by atoms with Gasteiger partial charge in [0.1, 0.15) is 0 Å². The average Bonchev–Trinajstić information content (AvgIpc) is 2.15. The van der Waals surface area contributed by atoms with Crippen LogP contribution in [0.1, 0.15) is 12.5 Å². The van der Waals surface area contributed by atoms with Crippen LogP contribution in [0.25, 0.3) is 5.57 Å². The first-order valence-corrected chi connectivity index (χ1v) is 3.77. The molecular weight excluding hydrogens is 155 g/mol. The Morgan fingerprint density at radius 3 is 2.46 bits per heavy atom. The maximum absolute atomic E-state index is 4.65. The maximum atomic E-state index is 4.65. The van der Waals surface area contributed by atoms with E-state index in [1.165, 1.54) is 0 Å². The molecule has 0 atom stereocenters. The van der Waals surface area contributed by atoms with Crippen LogP contribution in [0.3, 0.4) is 0 Å². The van der Waals surface area contributed by atoms with Crippen LogP contribution in [-0.2, 0) is 4.74 Å². The van der Waals surface area contributed by atoms with E-state index in [1.807, 2.05) is 37.3 Å². The van der Waals surface area contributed by atoms with Crippen LogP contribution in [0.5, 0.6) is 0 Å². The quantitative estimate of drug-likeness (QED) is 0.253. The zero-order valence-corrected chi connectivity index (χ0v) is 8.29. The van der Waals surface area contributed by atoms with Crippen molar-refractivity contribution in [2.24, 2.45) is 0 Å². The maximum Gasteiger partial charge on any atom is 1.00 e. The van der Waals surface area contributed by atoms with Gasteiger partial charge in [-0.15, -0.1) is 5.57 Å². The van der Waals surface area contributed by atoms with Gasteiger partial charge in [-0.05, 0) is 6.26 Å². The van der Waals surface area contributed by atoms with E-state index in [-0.39, 0.29) is 18.9 Å². The van der Waals surface area contributed by atoms with E-state index in [0.29, 0.717) is 0 Å². The van der Waals surface area contributed by atoms with Crippen molar-refractivity contribution in [3.8, 4) is 0 Å². The van der Waals surface area contributed by atoms with E-state index in [0.717, 1.165) is 11.1 Å². The molecule has 1 nitrogen and oxygen atoms in total. The van der Waals surface area contributed by atoms with E-state index in [4.69, 9.17) is 0 Å². The van der Waals surface area contributed by atoms with Gasteiger partial charge in [-0.25, -0.2) is 0 Å². The van der Waals surface area contributed by atoms with Crippen molar-refractivity contribution in [3.63, 3.8) is 0 Å². The van der Waals surface area contributed by atoms with E-state index in [2.05, 4.69) is 16.7 Å². The minimum absolute atomic E-state index is 0. The summed E-state index contributed by atoms with van der Waals surface area (Å²) in [6.45, 7) is 1.97. The predicted molar refractivity (Wildman–Crippen MR) is 49.3 cm³/mol. The van der Waals surface area contributed by atoms with Crippen LogP contribution in [0, 0.1) is 6.26 Å². The van der Waals surface area contributed by atoms with Crippen LogP contribution in [-0.4, -0.2) is 7.11 Å². The first-order chi connectivity index (χ1) is 5.84. The Morgan fingerprint density at radius 2 is 1.92 bits per heavy atom. The topological polar surface area (TPSA) is 9.23 Å². The van der Waals surface area contributed by atoms with E-state index in [1.54, 1.807) is 7.11 Å². The minimum atomic E-state index is 0. The minimum Gasteiger partial charge on any atom is -0.588 e. The standard InChI is InChI=1S/C11H11O.Li/c1-10(8-9-12-2)11-6-4-3-5-7-11;/h3-7H,1-2H3;/q-1;+1. The molecule has 0 amide bonds. The summed E-state index contributed by atoms with van der Waals surface area (Å²) in [6, 6.07) is 10.0. The fourth-order valence-electron chi connectivity index (χ4n) is 0.888. The molecule has 0 saturated heterocycles. The summed E-state index contributed by atoms with van der Waals surface area (Å²) >= 11 is 0. The normalized spacial score (nSPS) is 7.85. The Labute approximate surface area is 91.3 Å². The second kappa shape index (κ2) is 6.63. The van der Waals surface area contributed by atoms with Crippen LogP contribution < -0.4 is 18.9 Å². The summed E-state index contributed by atoms with van der Waals surface area (Å²) in [4.78, 5) is 0. The van der Waals surface area contributed by atoms with Crippen molar-refractivity contribution < 1.29 is 23.6 Å². The Bertz CT molecular complexity index is 297. The monoisotopic (exact) mass is 166 g/mol. The zero-order valence-electron chi connectivity index (χ0n) is 8.29. The van der Waals surface area contributed by atoms with E-state index in [9.17, 15) is 0 Å². The van der Waals surface area contributed by atoms with Crippen molar-refractivity contribution in [2.75, 3.05) is 7.11 Å². The van der Waals surface area contributed by atoms with Gasteiger partial charge in [0.2, 0.25) is 0 Å². The van der Waals surface area contributed by atoms with Crippen molar-refractivity contribution >= 4 is 5.57 Å². The van der Waals surface area contributed by atoms with Crippen LogP contribution in [0.15, 0.2) is 36.1 Å². The molecule has 0 fully saturated rings. The number of rotatable bonds is 2. The molecule has 0 saturated carbocycles. The molecule has 0 bridgehead atoms. The predicted octanol–water partition coefficient (Wildman–Crippen LogP) is -0.344. The van der Waals surface area contributed by atoms with Gasteiger partial charge in [0.25, 0.3) is 0 Å². The molecule has 0 aromatic heterocycles. The third-order valence-corrected chi connectivity index (χ3v) is 1.55. The van der Waals surface area contributed by atoms with Crippen molar-refractivity contribution in [3.05, 3.63) is 47.9 Å². The molecule has 0 aliphatic rings. The van der Waals surface area contributed by atoms with Crippen LogP contribution in [0.2, 0.25) is 0 Å². The summed E-state index contributed by atoms with van der Waals surface area (Å²) < 4.78 is 4.65. The number of benzene rings is 1. The third kappa shape index (κ3) is 4.06. The van der Waals surface area contributed by atoms with Crippen molar-refractivity contribution in [2.45, 2.75) is 6.92 Å². The van der Waals surface area contributed by atoms with E-state index < -0.39 is 0 Å². The third-order valence-electron chi connectivity index (χ3n) is 1.55. The fourth-order valence-corrected chi connectivity index (χ4v) is 0.888. The second-order valence-electron chi connectivity index (χ2n) is 2.42. The van der Waals surface area contributed by atoms with Gasteiger partial charge in [0.15, 0.2) is 0 Å². The molecule has 0 N–H and O–H groups in total. The first kappa shape index (κ1) is 12.1. The van der Waals surface area contributed by atoms with Gasteiger partial charge in [0.05, 0.1) is 7.11 Å². The summed E-state index contributed by atoms with van der Waals surface area (Å²) in [6.07, 6.45) is 2.56. The molecule has 1 aromatic rings. The average molecular weight is 166 g/mol. The summed E-state index contributed by atoms with van der Waals surface area (Å²) in [7, 11) is 1.56. The molecule has 0 unspecified atom stereocenters. The van der Waals surface area contributed by atoms with Crippen molar-refractivity contribution in [1.82, 2.24) is 0 Å². The molecule has 0 aliphatic heterocycles. The second-order valence-corrected chi connectivity index (χ2v) is 2.42. The first-order valence-electron chi connectivity index (χ1n) is 3.77. The largest absolute Gasteiger partial charge is 1.00 e. The summed E-state index contributed by atoms with van der Waals surface area (Å²) in [5, 5.41) is 0. The molecule has 62 valence electrons. The molecule has 1 rings (SSSR count). The Kier molecular flexibility index (Phi) is 6.19. The molecule has 0 heterocycles. The molecule has 0 spiro atoms. The molecule has 13 heavy (non-hydrogen) atoms. The molecule has 2 heteroatoms. The Balaban J connectivity index is 0.00000144. The van der Waals surface area contributed by atoms with E-state index >= 15 is 0 Å². The molecule has 1 aromatic carbocycles. The van der Waals surface area contributed by atoms with Gasteiger partial charge in [-0.1, -0.05) is 42.8 Å². The van der Waals surface area contributed by atoms with Gasteiger partial charge >= 0.3 is 18.9 Å². The van der Waals surface area contributed by atoms with Gasteiger partial charge in [0, 0.05) is 0 Å². The van der Waals surface area contributed by atoms with Gasteiger partial charge < -0.3 is 4.74 Å². The number of hydrogen-bond donors (Lipinski definition) is 0. The van der Waals surface area contributed by atoms with Gasteiger partial charge in [-0.3, -0.25) is 5.73 Å². The molecule has 0 aliphatic carbocycles. The van der Waals surface area contributed by atoms with Crippen LogP contribution >= 0.6 is 0 Å². The Hall–Kier alpha value is -0.863. The fraction of sp³-hybridized carbons (Fsp3) is 0.182. The molecular formula is C11H11LiO. The number of methoxy groups -OCH3 is 1. The number of hydrogen-bond acceptors (Lipinski definition) is 1. The smallest absolute Gasteiger partial charge is 0.588 e. The number of ether oxygens (including phenoxy) is 1.